The molecular formula is C12H13N3O3. The maximum atomic E-state index is 11.1. The van der Waals surface area contributed by atoms with Gasteiger partial charge in [-0.15, -0.1) is 0 Å². The zero-order chi connectivity index (χ0) is 13.0. The minimum absolute atomic E-state index is 0.0626. The molecule has 1 aromatic heterocycles. The second-order valence-corrected chi connectivity index (χ2v) is 4.01. The van der Waals surface area contributed by atoms with Crippen LogP contribution in [0.15, 0.2) is 18.3 Å². The first-order valence-electron chi connectivity index (χ1n) is 5.57. The molecule has 0 saturated carbocycles. The number of carbonyl (C=O) groups is 1. The lowest BCUT2D eigenvalue weighted by atomic mass is 10.1. The predicted molar refractivity (Wildman–Crippen MR) is 61.0 cm³/mol. The molecule has 0 bridgehead atoms. The third-order valence-corrected chi connectivity index (χ3v) is 2.77. The maximum Gasteiger partial charge on any atom is 0.308 e. The Morgan fingerprint density at radius 1 is 1.72 bits per heavy atom. The van der Waals surface area contributed by atoms with Crippen molar-refractivity contribution in [2.45, 2.75) is 25.0 Å². The quantitative estimate of drug-likeness (QED) is 0.797. The number of nitrogens with zero attached hydrogens (tertiary/aromatic N) is 2. The number of hydrogen-bond donors (Lipinski definition) is 1. The highest BCUT2D eigenvalue weighted by Gasteiger charge is 2.29. The molecule has 2 rings (SSSR count). The lowest BCUT2D eigenvalue weighted by Crippen LogP contribution is -2.16. The average Bonchev–Trinajstić information content (AvgIpc) is 2.87. The van der Waals surface area contributed by atoms with E-state index in [0.717, 1.165) is 5.69 Å². The largest absolute Gasteiger partial charge is 0.469 e. The summed E-state index contributed by atoms with van der Waals surface area (Å²) in [6.07, 6.45) is 2.18. The molecule has 94 valence electrons. The Bertz CT molecular complexity index is 466. The second-order valence-electron chi connectivity index (χ2n) is 4.01. The Kier molecular flexibility index (Phi) is 3.87. The Hall–Kier alpha value is -1.97. The van der Waals surface area contributed by atoms with Gasteiger partial charge in [0.1, 0.15) is 6.07 Å². The van der Waals surface area contributed by atoms with Gasteiger partial charge in [-0.3, -0.25) is 14.6 Å². The van der Waals surface area contributed by atoms with Crippen LogP contribution in [0.1, 0.15) is 30.1 Å². The molecule has 0 spiro atoms. The summed E-state index contributed by atoms with van der Waals surface area (Å²) < 4.78 is 4.58. The molecule has 1 N–H and O–H groups in total. The first-order chi connectivity index (χ1) is 8.72. The van der Waals surface area contributed by atoms with Crippen LogP contribution >= 0.6 is 0 Å². The van der Waals surface area contributed by atoms with E-state index in [1.807, 2.05) is 6.07 Å². The van der Waals surface area contributed by atoms with E-state index in [2.05, 4.69) is 15.2 Å². The third kappa shape index (κ3) is 2.83. The molecule has 2 heterocycles. The minimum Gasteiger partial charge on any atom is -0.469 e. The third-order valence-electron chi connectivity index (χ3n) is 2.77. The summed E-state index contributed by atoms with van der Waals surface area (Å²) in [4.78, 5) is 20.6. The van der Waals surface area contributed by atoms with Gasteiger partial charge in [0.25, 0.3) is 0 Å². The minimum atomic E-state index is -0.296. The van der Waals surface area contributed by atoms with Crippen LogP contribution in [0.2, 0.25) is 0 Å². The normalized spacial score (nSPS) is 22.4. The summed E-state index contributed by atoms with van der Waals surface area (Å²) in [5.41, 5.74) is 4.15. The molecule has 1 aliphatic rings. The van der Waals surface area contributed by atoms with Crippen molar-refractivity contribution in [1.29, 1.82) is 5.26 Å². The van der Waals surface area contributed by atoms with E-state index in [-0.39, 0.29) is 24.5 Å². The molecule has 6 heteroatoms. The van der Waals surface area contributed by atoms with E-state index >= 15 is 0 Å². The number of pyridine rings is 1. The molecule has 2 atom stereocenters. The van der Waals surface area contributed by atoms with Gasteiger partial charge in [0.2, 0.25) is 0 Å². The van der Waals surface area contributed by atoms with Crippen molar-refractivity contribution in [2.24, 2.45) is 0 Å². The van der Waals surface area contributed by atoms with E-state index < -0.39 is 0 Å². The van der Waals surface area contributed by atoms with Gasteiger partial charge >= 0.3 is 5.97 Å². The zero-order valence-corrected chi connectivity index (χ0v) is 9.92. The number of nitriles is 1. The molecule has 1 aliphatic heterocycles. The van der Waals surface area contributed by atoms with Gasteiger partial charge < -0.3 is 4.74 Å². The van der Waals surface area contributed by atoms with Crippen molar-refractivity contribution in [3.05, 3.63) is 29.6 Å². The van der Waals surface area contributed by atoms with Crippen molar-refractivity contribution in [2.75, 3.05) is 7.11 Å². The second kappa shape index (κ2) is 5.58. The van der Waals surface area contributed by atoms with Crippen LogP contribution in [0.4, 0.5) is 0 Å². The fourth-order valence-electron chi connectivity index (χ4n) is 1.79. The zero-order valence-electron chi connectivity index (χ0n) is 9.92. The summed E-state index contributed by atoms with van der Waals surface area (Å²) in [6, 6.07) is 5.43. The number of hydroxylamine groups is 1. The SMILES string of the molecule is COC(=O)CC1CC(c2ccc(C#N)cn2)NO1. The number of ether oxygens (including phenoxy) is 1. The van der Waals surface area contributed by atoms with E-state index in [4.69, 9.17) is 10.1 Å². The number of hydrogen-bond acceptors (Lipinski definition) is 6. The molecule has 0 amide bonds. The van der Waals surface area contributed by atoms with E-state index in [9.17, 15) is 4.79 Å². The topological polar surface area (TPSA) is 84.2 Å². The summed E-state index contributed by atoms with van der Waals surface area (Å²) >= 11 is 0. The van der Waals surface area contributed by atoms with Crippen LogP contribution in [0.3, 0.4) is 0 Å². The van der Waals surface area contributed by atoms with E-state index in [0.29, 0.717) is 12.0 Å². The summed E-state index contributed by atoms with van der Waals surface area (Å²) in [7, 11) is 1.35. The Morgan fingerprint density at radius 2 is 2.56 bits per heavy atom. The number of rotatable bonds is 3. The average molecular weight is 247 g/mol. The molecule has 1 fully saturated rings. The fraction of sp³-hybridized carbons (Fsp3) is 0.417. The number of aromatic nitrogens is 1. The van der Waals surface area contributed by atoms with Crippen LogP contribution in [0.5, 0.6) is 0 Å². The highest BCUT2D eigenvalue weighted by Crippen LogP contribution is 2.25. The van der Waals surface area contributed by atoms with E-state index in [1.165, 1.54) is 13.3 Å². The summed E-state index contributed by atoms with van der Waals surface area (Å²) in [5, 5.41) is 8.68. The van der Waals surface area contributed by atoms with E-state index in [1.54, 1.807) is 12.1 Å². The summed E-state index contributed by atoms with van der Waals surface area (Å²) in [5.74, 6) is -0.296. The lowest BCUT2D eigenvalue weighted by molar-refractivity contribution is -0.143. The number of esters is 1. The van der Waals surface area contributed by atoms with Crippen LogP contribution in [0.25, 0.3) is 0 Å². The molecule has 18 heavy (non-hydrogen) atoms. The first-order valence-corrected chi connectivity index (χ1v) is 5.57. The number of nitrogens with one attached hydrogen (secondary N) is 1. The number of methoxy groups -OCH3 is 1. The molecule has 1 aromatic rings. The first kappa shape index (κ1) is 12.5. The molecule has 1 saturated heterocycles. The van der Waals surface area contributed by atoms with Crippen molar-refractivity contribution in [1.82, 2.24) is 10.5 Å². The Balaban J connectivity index is 1.95. The van der Waals surface area contributed by atoms with Crippen LogP contribution < -0.4 is 5.48 Å². The van der Waals surface area contributed by atoms with Crippen LogP contribution in [-0.2, 0) is 14.4 Å². The van der Waals surface area contributed by atoms with Gasteiger partial charge in [-0.25, -0.2) is 0 Å². The molecule has 0 radical (unpaired) electrons. The Labute approximate surface area is 104 Å². The van der Waals surface area contributed by atoms with Crippen LogP contribution in [-0.4, -0.2) is 24.2 Å². The fourth-order valence-corrected chi connectivity index (χ4v) is 1.79. The molecule has 6 nitrogen and oxygen atoms in total. The molecule has 2 unspecified atom stereocenters. The van der Waals surface area contributed by atoms with Crippen molar-refractivity contribution < 1.29 is 14.4 Å². The highest BCUT2D eigenvalue weighted by atomic mass is 16.7. The standard InChI is InChI=1S/C12H13N3O3/c1-17-12(16)5-9-4-11(15-18-9)10-3-2-8(6-13)7-14-10/h2-3,7,9,11,15H,4-5H2,1H3. The lowest BCUT2D eigenvalue weighted by Gasteiger charge is -2.06. The summed E-state index contributed by atoms with van der Waals surface area (Å²) in [6.45, 7) is 0. The van der Waals surface area contributed by atoms with Crippen LogP contribution in [0, 0.1) is 11.3 Å². The highest BCUT2D eigenvalue weighted by molar-refractivity contribution is 5.69. The molecule has 0 aliphatic carbocycles. The van der Waals surface area contributed by atoms with Gasteiger partial charge in [0.05, 0.1) is 36.9 Å². The number of carbonyl (C=O) groups excluding carboxylic acids is 1. The van der Waals surface area contributed by atoms with Gasteiger partial charge in [0.15, 0.2) is 0 Å². The van der Waals surface area contributed by atoms with Gasteiger partial charge in [-0.1, -0.05) is 0 Å². The van der Waals surface area contributed by atoms with Gasteiger partial charge in [0, 0.05) is 6.20 Å². The van der Waals surface area contributed by atoms with Gasteiger partial charge in [-0.05, 0) is 18.6 Å². The maximum absolute atomic E-state index is 11.1. The predicted octanol–water partition coefficient (Wildman–Crippen LogP) is 0.851. The molecule has 0 aromatic carbocycles. The van der Waals surface area contributed by atoms with Crippen molar-refractivity contribution in [3.63, 3.8) is 0 Å². The van der Waals surface area contributed by atoms with Gasteiger partial charge in [-0.2, -0.15) is 10.7 Å². The Morgan fingerprint density at radius 3 is 3.17 bits per heavy atom. The van der Waals surface area contributed by atoms with Crippen molar-refractivity contribution >= 4 is 5.97 Å². The van der Waals surface area contributed by atoms with Crippen molar-refractivity contribution in [3.8, 4) is 6.07 Å². The monoisotopic (exact) mass is 247 g/mol. The molecular weight excluding hydrogens is 234 g/mol. The smallest absolute Gasteiger partial charge is 0.308 e.